The molecule has 0 N–H and O–H groups in total. The van der Waals surface area contributed by atoms with Crippen molar-refractivity contribution in [2.75, 3.05) is 51.3 Å². The molecule has 1 aliphatic heterocycles. The number of likely N-dealkylation sites (N-methyl/N-ethyl adjacent to an activating group) is 1. The number of hydrogen-bond donors (Lipinski definition) is 0. The molecule has 0 unspecified atom stereocenters. The Hall–Kier alpha value is -2.72. The Morgan fingerprint density at radius 1 is 1.10 bits per heavy atom. The number of rotatable bonds is 7. The van der Waals surface area contributed by atoms with Crippen molar-refractivity contribution >= 4 is 21.6 Å². The predicted octanol–water partition coefficient (Wildman–Crippen LogP) is 2.33. The minimum absolute atomic E-state index is 0.00537. The Labute approximate surface area is 180 Å². The zero-order valence-corrected chi connectivity index (χ0v) is 18.2. The van der Waals surface area contributed by atoms with Crippen LogP contribution in [0.1, 0.15) is 6.92 Å². The number of carbonyl (C=O) groups excluding carboxylic acids is 1. The summed E-state index contributed by atoms with van der Waals surface area (Å²) in [6.07, 6.45) is 0. The molecule has 0 saturated carbocycles. The van der Waals surface area contributed by atoms with Gasteiger partial charge in [-0.25, -0.2) is 17.2 Å². The topological polar surface area (TPSA) is 70.2 Å². The Balaban J connectivity index is 1.69. The fourth-order valence-corrected chi connectivity index (χ4v) is 5.08. The second-order valence-corrected chi connectivity index (χ2v) is 8.95. The SMILES string of the molecule is CCN(CC(=O)N1CCN(c2ccccc2F)CC1)S(=O)(=O)c1cc(F)ccc1OC. The van der Waals surface area contributed by atoms with Crippen molar-refractivity contribution in [2.24, 2.45) is 0 Å². The number of benzene rings is 2. The van der Waals surface area contributed by atoms with E-state index in [1.807, 2.05) is 4.90 Å². The summed E-state index contributed by atoms with van der Waals surface area (Å²) < 4.78 is 59.8. The van der Waals surface area contributed by atoms with E-state index in [0.717, 1.165) is 16.4 Å². The molecule has 1 aliphatic rings. The quantitative estimate of drug-likeness (QED) is 0.644. The van der Waals surface area contributed by atoms with Crippen molar-refractivity contribution in [3.8, 4) is 5.75 Å². The molecule has 0 aliphatic carbocycles. The highest BCUT2D eigenvalue weighted by atomic mass is 32.2. The maximum Gasteiger partial charge on any atom is 0.247 e. The fourth-order valence-electron chi connectivity index (χ4n) is 3.51. The first-order chi connectivity index (χ1) is 14.8. The number of nitrogens with zero attached hydrogens (tertiary/aromatic N) is 3. The van der Waals surface area contributed by atoms with Gasteiger partial charge in [0.1, 0.15) is 22.3 Å². The van der Waals surface area contributed by atoms with Crippen molar-refractivity contribution in [1.82, 2.24) is 9.21 Å². The van der Waals surface area contributed by atoms with Crippen molar-refractivity contribution in [3.05, 3.63) is 54.1 Å². The lowest BCUT2D eigenvalue weighted by Crippen LogP contribution is -2.52. The van der Waals surface area contributed by atoms with Crippen LogP contribution in [-0.2, 0) is 14.8 Å². The van der Waals surface area contributed by atoms with E-state index in [9.17, 15) is 22.0 Å². The van der Waals surface area contributed by atoms with Crippen molar-refractivity contribution in [1.29, 1.82) is 0 Å². The molecule has 1 heterocycles. The Morgan fingerprint density at radius 2 is 1.77 bits per heavy atom. The average molecular weight is 454 g/mol. The van der Waals surface area contributed by atoms with E-state index in [1.165, 1.54) is 19.2 Å². The van der Waals surface area contributed by atoms with Crippen molar-refractivity contribution < 1.29 is 26.7 Å². The van der Waals surface area contributed by atoms with Crippen LogP contribution >= 0.6 is 0 Å². The summed E-state index contributed by atoms with van der Waals surface area (Å²) in [6, 6.07) is 9.66. The Kier molecular flexibility index (Phi) is 7.11. The van der Waals surface area contributed by atoms with E-state index < -0.39 is 15.8 Å². The van der Waals surface area contributed by atoms with E-state index in [0.29, 0.717) is 31.9 Å². The number of sulfonamides is 1. The molecule has 1 saturated heterocycles. The molecule has 0 atom stereocenters. The Bertz CT molecular complexity index is 1040. The molecular formula is C21H25F2N3O4S. The molecule has 168 valence electrons. The highest BCUT2D eigenvalue weighted by Crippen LogP contribution is 2.27. The number of ether oxygens (including phenoxy) is 1. The molecule has 2 aromatic rings. The van der Waals surface area contributed by atoms with Gasteiger partial charge in [0.15, 0.2) is 0 Å². The number of methoxy groups -OCH3 is 1. The summed E-state index contributed by atoms with van der Waals surface area (Å²) in [5.74, 6) is -1.40. The lowest BCUT2D eigenvalue weighted by Gasteiger charge is -2.37. The van der Waals surface area contributed by atoms with Crippen LogP contribution in [0, 0.1) is 11.6 Å². The molecule has 1 fully saturated rings. The van der Waals surface area contributed by atoms with Gasteiger partial charge in [-0.05, 0) is 30.3 Å². The zero-order valence-electron chi connectivity index (χ0n) is 17.4. The number of piperazine rings is 1. The normalized spacial score (nSPS) is 14.7. The molecule has 0 bridgehead atoms. The summed E-state index contributed by atoms with van der Waals surface area (Å²) in [5.41, 5.74) is 0.477. The largest absolute Gasteiger partial charge is 0.495 e. The molecule has 2 aromatic carbocycles. The molecule has 0 spiro atoms. The van der Waals surface area contributed by atoms with Crippen molar-refractivity contribution in [3.63, 3.8) is 0 Å². The van der Waals surface area contributed by atoms with Crippen LogP contribution < -0.4 is 9.64 Å². The third-order valence-electron chi connectivity index (χ3n) is 5.23. The molecule has 0 aromatic heterocycles. The van der Waals surface area contributed by atoms with E-state index in [1.54, 1.807) is 30.0 Å². The molecule has 31 heavy (non-hydrogen) atoms. The van der Waals surface area contributed by atoms with E-state index >= 15 is 0 Å². The fraction of sp³-hybridized carbons (Fsp3) is 0.381. The van der Waals surface area contributed by atoms with Gasteiger partial charge in [0.2, 0.25) is 15.9 Å². The van der Waals surface area contributed by atoms with Gasteiger partial charge in [-0.3, -0.25) is 4.79 Å². The average Bonchev–Trinajstić information content (AvgIpc) is 2.77. The summed E-state index contributed by atoms with van der Waals surface area (Å²) in [5, 5.41) is 0. The summed E-state index contributed by atoms with van der Waals surface area (Å²) >= 11 is 0. The maximum absolute atomic E-state index is 14.0. The highest BCUT2D eigenvalue weighted by molar-refractivity contribution is 7.89. The number of hydrogen-bond acceptors (Lipinski definition) is 5. The second kappa shape index (κ2) is 9.61. The molecule has 3 rings (SSSR count). The van der Waals surface area contributed by atoms with Gasteiger partial charge in [-0.15, -0.1) is 0 Å². The monoisotopic (exact) mass is 453 g/mol. The summed E-state index contributed by atoms with van der Waals surface area (Å²) in [7, 11) is -2.85. The Morgan fingerprint density at radius 3 is 2.39 bits per heavy atom. The van der Waals surface area contributed by atoms with Gasteiger partial charge in [-0.2, -0.15) is 4.31 Å². The van der Waals surface area contributed by atoms with Gasteiger partial charge in [0.05, 0.1) is 19.3 Å². The van der Waals surface area contributed by atoms with Crippen LogP contribution in [0.4, 0.5) is 14.5 Å². The van der Waals surface area contributed by atoms with E-state index in [4.69, 9.17) is 4.74 Å². The van der Waals surface area contributed by atoms with Gasteiger partial charge in [-0.1, -0.05) is 19.1 Å². The standard InChI is InChI=1S/C21H25F2N3O4S/c1-3-26(31(28,29)20-14-16(22)8-9-19(20)30-2)15-21(27)25-12-10-24(11-13-25)18-7-5-4-6-17(18)23/h4-9,14H,3,10-13,15H2,1-2H3. The van der Waals surface area contributed by atoms with Crippen molar-refractivity contribution in [2.45, 2.75) is 11.8 Å². The molecule has 1 amide bonds. The predicted molar refractivity (Wildman–Crippen MR) is 113 cm³/mol. The lowest BCUT2D eigenvalue weighted by molar-refractivity contribution is -0.131. The number of halogens is 2. The van der Waals surface area contributed by atoms with Crippen LogP contribution in [0.25, 0.3) is 0 Å². The lowest BCUT2D eigenvalue weighted by atomic mass is 10.2. The second-order valence-electron chi connectivity index (χ2n) is 7.05. The van der Waals surface area contributed by atoms with Gasteiger partial charge in [0, 0.05) is 32.7 Å². The van der Waals surface area contributed by atoms with Crippen LogP contribution in [-0.4, -0.2) is 69.9 Å². The molecule has 0 radical (unpaired) electrons. The smallest absolute Gasteiger partial charge is 0.247 e. The summed E-state index contributed by atoms with van der Waals surface area (Å²) in [6.45, 7) is 2.81. The first kappa shape index (κ1) is 23.0. The third-order valence-corrected chi connectivity index (χ3v) is 7.18. The third kappa shape index (κ3) is 4.96. The minimum atomic E-state index is -4.15. The maximum atomic E-state index is 14.0. The number of para-hydroxylation sites is 1. The zero-order chi connectivity index (χ0) is 22.6. The minimum Gasteiger partial charge on any atom is -0.495 e. The number of carbonyl (C=O) groups is 1. The number of amides is 1. The van der Waals surface area contributed by atoms with Gasteiger partial charge < -0.3 is 14.5 Å². The van der Waals surface area contributed by atoms with E-state index in [-0.39, 0.29) is 35.5 Å². The van der Waals surface area contributed by atoms with E-state index in [2.05, 4.69) is 0 Å². The van der Waals surface area contributed by atoms with Crippen LogP contribution in [0.3, 0.4) is 0 Å². The van der Waals surface area contributed by atoms with Crippen LogP contribution in [0.2, 0.25) is 0 Å². The molecular weight excluding hydrogens is 428 g/mol. The van der Waals surface area contributed by atoms with Gasteiger partial charge in [0.25, 0.3) is 0 Å². The molecule has 7 nitrogen and oxygen atoms in total. The molecule has 10 heteroatoms. The van der Waals surface area contributed by atoms with Crippen LogP contribution in [0.15, 0.2) is 47.4 Å². The first-order valence-electron chi connectivity index (χ1n) is 9.89. The van der Waals surface area contributed by atoms with Crippen LogP contribution in [0.5, 0.6) is 5.75 Å². The highest BCUT2D eigenvalue weighted by Gasteiger charge is 2.31. The first-order valence-corrected chi connectivity index (χ1v) is 11.3. The number of anilines is 1. The van der Waals surface area contributed by atoms with Gasteiger partial charge >= 0.3 is 0 Å². The summed E-state index contributed by atoms with van der Waals surface area (Å²) in [4.78, 5) is 15.9.